The van der Waals surface area contributed by atoms with Crippen molar-refractivity contribution in [3.8, 4) is 27.8 Å². The summed E-state index contributed by atoms with van der Waals surface area (Å²) in [7, 11) is 0. The molecule has 1 aliphatic carbocycles. The summed E-state index contributed by atoms with van der Waals surface area (Å²) in [6.07, 6.45) is 1.48. The number of rotatable bonds is 6. The van der Waals surface area contributed by atoms with Crippen LogP contribution in [0.1, 0.15) is 34.8 Å². The van der Waals surface area contributed by atoms with Gasteiger partial charge in [-0.25, -0.2) is 14.4 Å². The fourth-order valence-electron chi connectivity index (χ4n) is 4.83. The van der Waals surface area contributed by atoms with Gasteiger partial charge in [-0.1, -0.05) is 5.16 Å². The summed E-state index contributed by atoms with van der Waals surface area (Å²) in [4.78, 5) is 24.9. The molecule has 2 N–H and O–H groups in total. The van der Waals surface area contributed by atoms with Crippen LogP contribution in [0.2, 0.25) is 0 Å². The molecule has 4 aromatic rings. The highest BCUT2D eigenvalue weighted by Crippen LogP contribution is 2.48. The first kappa shape index (κ1) is 23.7. The molecule has 0 spiro atoms. The zero-order valence-electron chi connectivity index (χ0n) is 20.6. The number of fused-ring (bicyclic) bond motifs is 1. The summed E-state index contributed by atoms with van der Waals surface area (Å²) in [5.41, 5.74) is 9.45. The van der Waals surface area contributed by atoms with Gasteiger partial charge in [0, 0.05) is 48.2 Å². The van der Waals surface area contributed by atoms with Gasteiger partial charge < -0.3 is 19.9 Å². The molecule has 10 heteroatoms. The number of ether oxygens (including phenoxy) is 1. The summed E-state index contributed by atoms with van der Waals surface area (Å²) in [5, 5.41) is 4.59. The molecule has 1 aromatic carbocycles. The van der Waals surface area contributed by atoms with Gasteiger partial charge in [0.25, 0.3) is 5.91 Å². The minimum atomic E-state index is -0.601. The first-order valence-electron chi connectivity index (χ1n) is 12.1. The van der Waals surface area contributed by atoms with Crippen LogP contribution < -0.4 is 10.5 Å². The Labute approximate surface area is 217 Å². The molecule has 1 unspecified atom stereocenters. The third-order valence-corrected chi connectivity index (χ3v) is 8.16. The molecular formula is C27H26FN5O3S. The monoisotopic (exact) mass is 519 g/mol. The Kier molecular flexibility index (Phi) is 5.61. The van der Waals surface area contributed by atoms with Crippen LogP contribution in [-0.2, 0) is 5.54 Å². The molecule has 1 aliphatic heterocycles. The lowest BCUT2D eigenvalue weighted by molar-refractivity contribution is 0.0755. The van der Waals surface area contributed by atoms with Crippen molar-refractivity contribution in [3.05, 3.63) is 70.7 Å². The molecule has 0 bridgehead atoms. The van der Waals surface area contributed by atoms with Gasteiger partial charge in [0.15, 0.2) is 0 Å². The quantitative estimate of drug-likeness (QED) is 0.395. The third kappa shape index (κ3) is 4.51. The van der Waals surface area contributed by atoms with Crippen LogP contribution in [0.15, 0.2) is 53.3 Å². The Hall–Kier alpha value is -3.63. The number of nitrogens with two attached hydrogens (primary N) is 1. The Bertz CT molecular complexity index is 1450. The zero-order chi connectivity index (χ0) is 25.9. The Morgan fingerprint density at radius 1 is 1.14 bits per heavy atom. The number of hydrogen-bond donors (Lipinski definition) is 1. The number of piperidine rings is 1. The molecule has 8 nitrogen and oxygen atoms in total. The number of likely N-dealkylation sites (tertiary alicyclic amines) is 1. The van der Waals surface area contributed by atoms with E-state index in [9.17, 15) is 9.18 Å². The van der Waals surface area contributed by atoms with Gasteiger partial charge in [-0.15, -0.1) is 11.3 Å². The van der Waals surface area contributed by atoms with Crippen LogP contribution in [0.5, 0.6) is 5.88 Å². The number of nitrogens with zero attached hydrogens (tertiary/aromatic N) is 4. The lowest BCUT2D eigenvalue weighted by Gasteiger charge is -2.22. The highest BCUT2D eigenvalue weighted by Gasteiger charge is 2.59. The van der Waals surface area contributed by atoms with E-state index in [0.717, 1.165) is 11.1 Å². The van der Waals surface area contributed by atoms with Crippen molar-refractivity contribution in [1.82, 2.24) is 20.0 Å². The standard InChI is InChI=1S/C27H26FN5O3S/c1-14-24(37-25(30-14)20-8-9-35-32-20)26(34)33-12-18-19(13-33)23(18)36-22-11-16(27(2,3)29)10-21(31-22)15-4-6-17(28)7-5-15/h4-11,18-19,23H,12-13,29H2,1-3H3/t18-,19+,23?. The van der Waals surface area contributed by atoms with Gasteiger partial charge in [-0.05, 0) is 56.7 Å². The van der Waals surface area contributed by atoms with Gasteiger partial charge in [0.2, 0.25) is 5.88 Å². The molecule has 3 atom stereocenters. The second kappa shape index (κ2) is 8.74. The molecule has 1 saturated carbocycles. The van der Waals surface area contributed by atoms with Crippen molar-refractivity contribution in [2.45, 2.75) is 32.4 Å². The molecule has 6 rings (SSSR count). The maximum absolute atomic E-state index is 13.4. The van der Waals surface area contributed by atoms with Crippen molar-refractivity contribution in [2.75, 3.05) is 13.1 Å². The Morgan fingerprint density at radius 2 is 1.86 bits per heavy atom. The van der Waals surface area contributed by atoms with Gasteiger partial charge in [-0.3, -0.25) is 4.79 Å². The number of halogens is 1. The number of carbonyl (C=O) groups excluding carboxylic acids is 1. The maximum Gasteiger partial charge on any atom is 0.265 e. The first-order valence-corrected chi connectivity index (χ1v) is 12.9. The van der Waals surface area contributed by atoms with E-state index in [-0.39, 0.29) is 29.7 Å². The maximum atomic E-state index is 13.4. The van der Waals surface area contributed by atoms with Crippen molar-refractivity contribution < 1.29 is 18.4 Å². The molecule has 37 heavy (non-hydrogen) atoms. The predicted molar refractivity (Wildman–Crippen MR) is 136 cm³/mol. The molecule has 190 valence electrons. The molecule has 1 amide bonds. The van der Waals surface area contributed by atoms with E-state index in [1.807, 2.05) is 37.8 Å². The molecule has 0 radical (unpaired) electrons. The van der Waals surface area contributed by atoms with Gasteiger partial charge in [-0.2, -0.15) is 0 Å². The van der Waals surface area contributed by atoms with Crippen LogP contribution in [0.3, 0.4) is 0 Å². The number of aromatic nitrogens is 3. The number of thiazole rings is 1. The van der Waals surface area contributed by atoms with Crippen LogP contribution in [0.4, 0.5) is 4.39 Å². The Balaban J connectivity index is 1.16. The summed E-state index contributed by atoms with van der Waals surface area (Å²) >= 11 is 1.33. The lowest BCUT2D eigenvalue weighted by atomic mass is 9.95. The summed E-state index contributed by atoms with van der Waals surface area (Å²) in [6, 6.07) is 11.7. The van der Waals surface area contributed by atoms with E-state index >= 15 is 0 Å². The fraction of sp³-hybridized carbons (Fsp3) is 0.333. The fourth-order valence-corrected chi connectivity index (χ4v) is 5.82. The summed E-state index contributed by atoms with van der Waals surface area (Å²) in [6.45, 7) is 6.93. The van der Waals surface area contributed by atoms with Crippen molar-refractivity contribution in [3.63, 3.8) is 0 Å². The van der Waals surface area contributed by atoms with E-state index in [1.165, 1.54) is 29.7 Å². The number of benzene rings is 1. The highest BCUT2D eigenvalue weighted by molar-refractivity contribution is 7.17. The largest absolute Gasteiger partial charge is 0.474 e. The van der Waals surface area contributed by atoms with Gasteiger partial charge in [0.1, 0.15) is 33.8 Å². The second-order valence-electron chi connectivity index (χ2n) is 10.2. The summed E-state index contributed by atoms with van der Waals surface area (Å²) in [5.74, 6) is 0.668. The highest BCUT2D eigenvalue weighted by atomic mass is 32.1. The molecule has 2 fully saturated rings. The van der Waals surface area contributed by atoms with Crippen molar-refractivity contribution >= 4 is 17.2 Å². The van der Waals surface area contributed by atoms with Gasteiger partial charge in [0.05, 0.1) is 11.4 Å². The lowest BCUT2D eigenvalue weighted by Crippen LogP contribution is -2.33. The van der Waals surface area contributed by atoms with Gasteiger partial charge >= 0.3 is 0 Å². The number of carbonyl (C=O) groups is 1. The minimum Gasteiger partial charge on any atom is -0.474 e. The van der Waals surface area contributed by atoms with E-state index in [4.69, 9.17) is 20.0 Å². The van der Waals surface area contributed by atoms with Crippen LogP contribution in [0, 0.1) is 24.6 Å². The topological polar surface area (TPSA) is 107 Å². The molecule has 3 aromatic heterocycles. The van der Waals surface area contributed by atoms with E-state index < -0.39 is 5.54 Å². The van der Waals surface area contributed by atoms with Crippen LogP contribution >= 0.6 is 11.3 Å². The Morgan fingerprint density at radius 3 is 2.51 bits per heavy atom. The molecule has 2 aliphatic rings. The van der Waals surface area contributed by atoms with E-state index in [0.29, 0.717) is 45.9 Å². The molecule has 1 saturated heterocycles. The summed E-state index contributed by atoms with van der Waals surface area (Å²) < 4.78 is 24.7. The first-order chi connectivity index (χ1) is 17.7. The van der Waals surface area contributed by atoms with Crippen LogP contribution in [-0.4, -0.2) is 45.1 Å². The average molecular weight is 520 g/mol. The molecular weight excluding hydrogens is 493 g/mol. The zero-order valence-corrected chi connectivity index (χ0v) is 21.5. The average Bonchev–Trinajstić information content (AvgIpc) is 3.36. The van der Waals surface area contributed by atoms with Crippen molar-refractivity contribution in [1.29, 1.82) is 0 Å². The van der Waals surface area contributed by atoms with E-state index in [2.05, 4.69) is 10.1 Å². The second-order valence-corrected chi connectivity index (χ2v) is 11.2. The number of pyridine rings is 1. The predicted octanol–water partition coefficient (Wildman–Crippen LogP) is 4.65. The minimum absolute atomic E-state index is 0.0120. The SMILES string of the molecule is Cc1nc(-c2ccon2)sc1C(=O)N1C[C@@H]2C(Oc3cc(C(C)(C)N)cc(-c4ccc(F)cc4)n3)[C@@H]2C1. The number of aryl methyl sites for hydroxylation is 1. The number of amides is 1. The number of hydrogen-bond acceptors (Lipinski definition) is 8. The smallest absolute Gasteiger partial charge is 0.265 e. The van der Waals surface area contributed by atoms with Crippen LogP contribution in [0.25, 0.3) is 22.0 Å². The normalized spacial score (nSPS) is 20.7. The third-order valence-electron chi connectivity index (χ3n) is 6.99. The molecule has 4 heterocycles. The van der Waals surface area contributed by atoms with E-state index in [1.54, 1.807) is 18.2 Å². The van der Waals surface area contributed by atoms with Crippen molar-refractivity contribution in [2.24, 2.45) is 17.6 Å².